The van der Waals surface area contributed by atoms with E-state index in [-0.39, 0.29) is 12.2 Å². The van der Waals surface area contributed by atoms with Gasteiger partial charge in [0.1, 0.15) is 0 Å². The van der Waals surface area contributed by atoms with Crippen LogP contribution in [-0.4, -0.2) is 43.8 Å². The molecular formula is C12H20N4O4S. The van der Waals surface area contributed by atoms with E-state index in [0.717, 1.165) is 0 Å². The molecule has 0 aromatic heterocycles. The highest BCUT2D eigenvalue weighted by atomic mass is 32.2. The third kappa shape index (κ3) is 5.29. The molecule has 0 atom stereocenters. The van der Waals surface area contributed by atoms with E-state index in [4.69, 9.17) is 0 Å². The lowest BCUT2D eigenvalue weighted by molar-refractivity contribution is -0.384. The molecule has 2 N–H and O–H groups in total. The zero-order chi connectivity index (χ0) is 15.9. The number of benzene rings is 1. The SMILES string of the molecule is CCN(CC)S(=O)(=O)NCCNc1ccc([N+](=O)[O-])cc1. The maximum absolute atomic E-state index is 11.8. The number of nitrogens with zero attached hydrogens (tertiary/aromatic N) is 2. The average Bonchev–Trinajstić information content (AvgIpc) is 2.45. The van der Waals surface area contributed by atoms with Crippen molar-refractivity contribution >= 4 is 21.6 Å². The van der Waals surface area contributed by atoms with Gasteiger partial charge in [-0.25, -0.2) is 4.72 Å². The lowest BCUT2D eigenvalue weighted by Crippen LogP contribution is -2.42. The fourth-order valence-electron chi connectivity index (χ4n) is 1.74. The zero-order valence-electron chi connectivity index (χ0n) is 12.1. The first-order valence-corrected chi connectivity index (χ1v) is 8.07. The quantitative estimate of drug-likeness (QED) is 0.404. The van der Waals surface area contributed by atoms with Crippen molar-refractivity contribution < 1.29 is 13.3 Å². The molecule has 0 fully saturated rings. The third-order valence-corrected chi connectivity index (χ3v) is 4.63. The lowest BCUT2D eigenvalue weighted by atomic mass is 10.3. The van der Waals surface area contributed by atoms with E-state index in [9.17, 15) is 18.5 Å². The Morgan fingerprint density at radius 2 is 1.71 bits per heavy atom. The number of nitro benzene ring substituents is 1. The molecule has 0 amide bonds. The molecular weight excluding hydrogens is 296 g/mol. The molecule has 0 heterocycles. The van der Waals surface area contributed by atoms with Crippen LogP contribution in [0.5, 0.6) is 0 Å². The van der Waals surface area contributed by atoms with Gasteiger partial charge in [-0.3, -0.25) is 10.1 Å². The van der Waals surface area contributed by atoms with Crippen LogP contribution in [0.25, 0.3) is 0 Å². The Labute approximate surface area is 124 Å². The minimum absolute atomic E-state index is 0.0165. The van der Waals surface area contributed by atoms with Gasteiger partial charge in [0.25, 0.3) is 15.9 Å². The van der Waals surface area contributed by atoms with E-state index in [2.05, 4.69) is 10.0 Å². The highest BCUT2D eigenvalue weighted by molar-refractivity contribution is 7.87. The van der Waals surface area contributed by atoms with Gasteiger partial charge in [0, 0.05) is 44.0 Å². The highest BCUT2D eigenvalue weighted by Crippen LogP contribution is 2.14. The van der Waals surface area contributed by atoms with E-state index in [1.807, 2.05) is 0 Å². The topological polar surface area (TPSA) is 105 Å². The Balaban J connectivity index is 2.42. The number of anilines is 1. The molecule has 21 heavy (non-hydrogen) atoms. The number of hydrogen-bond acceptors (Lipinski definition) is 5. The van der Waals surface area contributed by atoms with E-state index in [0.29, 0.717) is 25.3 Å². The smallest absolute Gasteiger partial charge is 0.279 e. The van der Waals surface area contributed by atoms with Crippen LogP contribution in [-0.2, 0) is 10.2 Å². The van der Waals surface area contributed by atoms with Crippen LogP contribution in [0.2, 0.25) is 0 Å². The Hall–Kier alpha value is -1.71. The van der Waals surface area contributed by atoms with Gasteiger partial charge in [0.15, 0.2) is 0 Å². The predicted molar refractivity (Wildman–Crippen MR) is 81.4 cm³/mol. The fourth-order valence-corrected chi connectivity index (χ4v) is 2.97. The van der Waals surface area contributed by atoms with Gasteiger partial charge < -0.3 is 5.32 Å². The number of hydrogen-bond donors (Lipinski definition) is 2. The van der Waals surface area contributed by atoms with Crippen LogP contribution < -0.4 is 10.0 Å². The Morgan fingerprint density at radius 1 is 1.14 bits per heavy atom. The Bertz CT molecular complexity index is 555. The maximum atomic E-state index is 11.8. The van der Waals surface area contributed by atoms with Crippen molar-refractivity contribution in [2.45, 2.75) is 13.8 Å². The van der Waals surface area contributed by atoms with Gasteiger partial charge in [-0.2, -0.15) is 12.7 Å². The summed E-state index contributed by atoms with van der Waals surface area (Å²) < 4.78 is 27.5. The van der Waals surface area contributed by atoms with Gasteiger partial charge in [-0.1, -0.05) is 13.8 Å². The van der Waals surface area contributed by atoms with Crippen molar-refractivity contribution in [2.24, 2.45) is 0 Å². The van der Waals surface area contributed by atoms with E-state index in [1.165, 1.54) is 16.4 Å². The summed E-state index contributed by atoms with van der Waals surface area (Å²) in [7, 11) is -3.44. The highest BCUT2D eigenvalue weighted by Gasteiger charge is 2.16. The predicted octanol–water partition coefficient (Wildman–Crippen LogP) is 1.18. The van der Waals surface area contributed by atoms with Crippen LogP contribution >= 0.6 is 0 Å². The average molecular weight is 316 g/mol. The number of nitrogens with one attached hydrogen (secondary N) is 2. The summed E-state index contributed by atoms with van der Waals surface area (Å²) in [5, 5.41) is 13.5. The summed E-state index contributed by atoms with van der Waals surface area (Å²) in [5.41, 5.74) is 0.713. The molecule has 1 aromatic rings. The fraction of sp³-hybridized carbons (Fsp3) is 0.500. The van der Waals surface area contributed by atoms with Crippen LogP contribution in [0, 0.1) is 10.1 Å². The van der Waals surface area contributed by atoms with Crippen molar-refractivity contribution in [1.82, 2.24) is 9.03 Å². The first-order chi connectivity index (χ1) is 9.90. The van der Waals surface area contributed by atoms with Crippen LogP contribution in [0.15, 0.2) is 24.3 Å². The zero-order valence-corrected chi connectivity index (χ0v) is 12.9. The summed E-state index contributed by atoms with van der Waals surface area (Å²) in [6.45, 7) is 5.01. The summed E-state index contributed by atoms with van der Waals surface area (Å²) in [6, 6.07) is 5.94. The number of nitro groups is 1. The molecule has 0 saturated heterocycles. The molecule has 0 aliphatic rings. The normalized spacial score (nSPS) is 11.6. The van der Waals surface area contributed by atoms with Crippen molar-refractivity contribution in [3.05, 3.63) is 34.4 Å². The molecule has 118 valence electrons. The van der Waals surface area contributed by atoms with Crippen molar-refractivity contribution in [3.63, 3.8) is 0 Å². The molecule has 0 saturated carbocycles. The number of rotatable bonds is 9. The van der Waals surface area contributed by atoms with Crippen molar-refractivity contribution in [3.8, 4) is 0 Å². The molecule has 0 radical (unpaired) electrons. The van der Waals surface area contributed by atoms with Crippen LogP contribution in [0.3, 0.4) is 0 Å². The summed E-state index contributed by atoms with van der Waals surface area (Å²) in [4.78, 5) is 10.0. The second-order valence-electron chi connectivity index (χ2n) is 4.21. The van der Waals surface area contributed by atoms with Gasteiger partial charge in [-0.05, 0) is 12.1 Å². The summed E-state index contributed by atoms with van der Waals surface area (Å²) in [5.74, 6) is 0. The minimum atomic E-state index is -3.44. The Kier molecular flexibility index (Phi) is 6.53. The largest absolute Gasteiger partial charge is 0.384 e. The van der Waals surface area contributed by atoms with Gasteiger partial charge in [-0.15, -0.1) is 0 Å². The third-order valence-electron chi connectivity index (χ3n) is 2.86. The molecule has 0 bridgehead atoms. The van der Waals surface area contributed by atoms with Gasteiger partial charge in [0.2, 0.25) is 0 Å². The Morgan fingerprint density at radius 3 is 2.19 bits per heavy atom. The van der Waals surface area contributed by atoms with Crippen LogP contribution in [0.1, 0.15) is 13.8 Å². The van der Waals surface area contributed by atoms with E-state index in [1.54, 1.807) is 26.0 Å². The molecule has 0 spiro atoms. The maximum Gasteiger partial charge on any atom is 0.279 e. The number of non-ortho nitro benzene ring substituents is 1. The summed E-state index contributed by atoms with van der Waals surface area (Å²) in [6.07, 6.45) is 0. The lowest BCUT2D eigenvalue weighted by Gasteiger charge is -2.18. The second kappa shape index (κ2) is 7.91. The second-order valence-corrected chi connectivity index (χ2v) is 5.97. The monoisotopic (exact) mass is 316 g/mol. The molecule has 0 unspecified atom stereocenters. The van der Waals surface area contributed by atoms with E-state index < -0.39 is 15.1 Å². The molecule has 8 nitrogen and oxygen atoms in total. The first kappa shape index (κ1) is 17.3. The minimum Gasteiger partial charge on any atom is -0.384 e. The van der Waals surface area contributed by atoms with Crippen molar-refractivity contribution in [2.75, 3.05) is 31.5 Å². The standard InChI is InChI=1S/C12H20N4O4S/c1-3-15(4-2)21(19,20)14-10-9-13-11-5-7-12(8-6-11)16(17)18/h5-8,13-14H,3-4,9-10H2,1-2H3. The van der Waals surface area contributed by atoms with Crippen LogP contribution in [0.4, 0.5) is 11.4 Å². The van der Waals surface area contributed by atoms with Gasteiger partial charge >= 0.3 is 0 Å². The molecule has 0 aliphatic heterocycles. The molecule has 1 rings (SSSR count). The summed E-state index contributed by atoms with van der Waals surface area (Å²) >= 11 is 0. The first-order valence-electron chi connectivity index (χ1n) is 6.63. The van der Waals surface area contributed by atoms with Gasteiger partial charge in [0.05, 0.1) is 4.92 Å². The molecule has 1 aromatic carbocycles. The molecule has 9 heteroatoms. The molecule has 0 aliphatic carbocycles. The van der Waals surface area contributed by atoms with E-state index >= 15 is 0 Å². The van der Waals surface area contributed by atoms with Crippen molar-refractivity contribution in [1.29, 1.82) is 0 Å².